The largest absolute Gasteiger partial charge is 0.449 e. The first-order valence-corrected chi connectivity index (χ1v) is 6.54. The quantitative estimate of drug-likeness (QED) is 0.598. The lowest BCUT2D eigenvalue weighted by molar-refractivity contribution is -0.147. The molecule has 1 rings (SSSR count). The van der Waals surface area contributed by atoms with Crippen LogP contribution in [0, 0.1) is 23.2 Å². The average molecular weight is 258 g/mol. The van der Waals surface area contributed by atoms with Crippen molar-refractivity contribution in [3.05, 3.63) is 35.9 Å². The number of hydrogen-bond donors (Lipinski definition) is 0. The van der Waals surface area contributed by atoms with E-state index >= 15 is 0 Å². The maximum Gasteiger partial charge on any atom is 0.303 e. The van der Waals surface area contributed by atoms with Gasteiger partial charge in [0.2, 0.25) is 0 Å². The van der Waals surface area contributed by atoms with E-state index in [1.54, 1.807) is 0 Å². The Labute approximate surface area is 116 Å². The Balaban J connectivity index is 2.93. The molecule has 2 nitrogen and oxygen atoms in total. The van der Waals surface area contributed by atoms with Crippen LogP contribution >= 0.6 is 0 Å². The van der Waals surface area contributed by atoms with Crippen LogP contribution in [0.5, 0.6) is 0 Å². The third kappa shape index (κ3) is 5.18. The van der Waals surface area contributed by atoms with Crippen molar-refractivity contribution >= 4 is 5.97 Å². The molecule has 0 aliphatic rings. The minimum atomic E-state index is -0.377. The smallest absolute Gasteiger partial charge is 0.303 e. The number of rotatable bonds is 2. The van der Waals surface area contributed by atoms with Crippen LogP contribution in [0.4, 0.5) is 0 Å². The molecule has 0 aromatic heterocycles. The summed E-state index contributed by atoms with van der Waals surface area (Å²) in [5, 5.41) is 0. The summed E-state index contributed by atoms with van der Waals surface area (Å²) < 4.78 is 5.35. The van der Waals surface area contributed by atoms with Crippen molar-refractivity contribution in [3.63, 3.8) is 0 Å². The van der Waals surface area contributed by atoms with E-state index in [1.807, 2.05) is 30.3 Å². The summed E-state index contributed by atoms with van der Waals surface area (Å²) in [4.78, 5) is 11.2. The van der Waals surface area contributed by atoms with Crippen LogP contribution in [0.2, 0.25) is 0 Å². The van der Waals surface area contributed by atoms with Gasteiger partial charge in [-0.2, -0.15) is 0 Å². The molecule has 0 saturated heterocycles. The fourth-order valence-corrected chi connectivity index (χ4v) is 1.57. The van der Waals surface area contributed by atoms with Crippen molar-refractivity contribution in [2.45, 2.75) is 40.7 Å². The lowest BCUT2D eigenvalue weighted by atomic mass is 9.78. The summed E-state index contributed by atoms with van der Waals surface area (Å²) in [6.45, 7) is 9.86. The van der Waals surface area contributed by atoms with Gasteiger partial charge in [0.1, 0.15) is 0 Å². The predicted molar refractivity (Wildman–Crippen MR) is 77.5 cm³/mol. The molecule has 0 N–H and O–H groups in total. The predicted octanol–water partition coefficient (Wildman–Crippen LogP) is 3.65. The second-order valence-corrected chi connectivity index (χ2v) is 5.82. The number of carbonyl (C=O) groups is 1. The molecule has 19 heavy (non-hydrogen) atoms. The molecule has 0 spiro atoms. The highest BCUT2D eigenvalue weighted by molar-refractivity contribution is 5.66. The van der Waals surface area contributed by atoms with Gasteiger partial charge >= 0.3 is 5.97 Å². The first-order valence-electron chi connectivity index (χ1n) is 6.54. The van der Waals surface area contributed by atoms with Crippen molar-refractivity contribution in [3.8, 4) is 11.8 Å². The Morgan fingerprint density at radius 1 is 1.21 bits per heavy atom. The molecule has 102 valence electrons. The standard InChI is InChI=1S/C17H22O2/c1-13(17(3,4)5)16(19-14(2)18)12-11-15-9-7-6-8-10-15/h6-10,13,16H,1-5H3/t13-,16?/m0/s1. The molecular weight excluding hydrogens is 236 g/mol. The van der Waals surface area contributed by atoms with Gasteiger partial charge in [0.15, 0.2) is 6.10 Å². The van der Waals surface area contributed by atoms with Crippen molar-refractivity contribution in [1.29, 1.82) is 0 Å². The normalized spacial score (nSPS) is 13.9. The van der Waals surface area contributed by atoms with Crippen LogP contribution in [0.1, 0.15) is 40.2 Å². The van der Waals surface area contributed by atoms with Gasteiger partial charge in [-0.05, 0) is 17.5 Å². The molecule has 1 unspecified atom stereocenters. The minimum absolute atomic E-state index is 0.0332. The highest BCUT2D eigenvalue weighted by atomic mass is 16.5. The monoisotopic (exact) mass is 258 g/mol. The molecule has 2 heteroatoms. The number of esters is 1. The zero-order valence-corrected chi connectivity index (χ0v) is 12.4. The number of carbonyl (C=O) groups excluding carboxylic acids is 1. The lowest BCUT2D eigenvalue weighted by Crippen LogP contribution is -2.32. The van der Waals surface area contributed by atoms with Crippen LogP contribution in [0.25, 0.3) is 0 Å². The number of hydrogen-bond acceptors (Lipinski definition) is 2. The maximum atomic E-state index is 11.2. The summed E-state index contributed by atoms with van der Waals surface area (Å²) in [5.74, 6) is 6.03. The summed E-state index contributed by atoms with van der Waals surface area (Å²) in [6.07, 6.45) is -0.377. The molecule has 0 fully saturated rings. The maximum absolute atomic E-state index is 11.2. The van der Waals surface area contributed by atoms with E-state index in [4.69, 9.17) is 4.74 Å². The molecule has 0 amide bonds. The van der Waals surface area contributed by atoms with Crippen LogP contribution in [0.15, 0.2) is 30.3 Å². The molecular formula is C17H22O2. The van der Waals surface area contributed by atoms with Crippen LogP contribution in [0.3, 0.4) is 0 Å². The topological polar surface area (TPSA) is 26.3 Å². The van der Waals surface area contributed by atoms with Gasteiger partial charge in [-0.25, -0.2) is 0 Å². The second kappa shape index (κ2) is 6.43. The SMILES string of the molecule is CC(=O)OC(C#Cc1ccccc1)[C@H](C)C(C)(C)C. The third-order valence-electron chi connectivity index (χ3n) is 3.25. The van der Waals surface area contributed by atoms with E-state index < -0.39 is 0 Å². The fourth-order valence-electron chi connectivity index (χ4n) is 1.57. The van der Waals surface area contributed by atoms with E-state index in [-0.39, 0.29) is 23.4 Å². The van der Waals surface area contributed by atoms with E-state index in [0.717, 1.165) is 5.56 Å². The molecule has 0 saturated carbocycles. The second-order valence-electron chi connectivity index (χ2n) is 5.82. The Kier molecular flexibility index (Phi) is 5.18. The van der Waals surface area contributed by atoms with Gasteiger partial charge in [0.05, 0.1) is 0 Å². The molecule has 0 heterocycles. The Morgan fingerprint density at radius 2 is 1.79 bits per heavy atom. The highest BCUT2D eigenvalue weighted by Gasteiger charge is 2.29. The summed E-state index contributed by atoms with van der Waals surface area (Å²) >= 11 is 0. The lowest BCUT2D eigenvalue weighted by Gasteiger charge is -2.30. The molecule has 0 radical (unpaired) electrons. The molecule has 2 atom stereocenters. The minimum Gasteiger partial charge on any atom is -0.449 e. The summed E-state index contributed by atoms with van der Waals surface area (Å²) in [7, 11) is 0. The first kappa shape index (κ1) is 15.3. The Hall–Kier alpha value is -1.75. The highest BCUT2D eigenvalue weighted by Crippen LogP contribution is 2.29. The van der Waals surface area contributed by atoms with Gasteiger partial charge in [-0.1, -0.05) is 57.7 Å². The van der Waals surface area contributed by atoms with Gasteiger partial charge < -0.3 is 4.74 Å². The number of benzene rings is 1. The van der Waals surface area contributed by atoms with Gasteiger partial charge in [0.25, 0.3) is 0 Å². The van der Waals surface area contributed by atoms with Gasteiger partial charge in [0, 0.05) is 18.4 Å². The zero-order valence-electron chi connectivity index (χ0n) is 12.4. The van der Waals surface area contributed by atoms with Crippen LogP contribution in [-0.2, 0) is 9.53 Å². The first-order chi connectivity index (χ1) is 8.80. The van der Waals surface area contributed by atoms with Crippen molar-refractivity contribution in [2.75, 3.05) is 0 Å². The molecule has 0 bridgehead atoms. The third-order valence-corrected chi connectivity index (χ3v) is 3.25. The van der Waals surface area contributed by atoms with Crippen LogP contribution < -0.4 is 0 Å². The van der Waals surface area contributed by atoms with Gasteiger partial charge in [-0.3, -0.25) is 4.79 Å². The Morgan fingerprint density at radius 3 is 2.26 bits per heavy atom. The van der Waals surface area contributed by atoms with E-state index in [9.17, 15) is 4.79 Å². The van der Waals surface area contributed by atoms with E-state index in [1.165, 1.54) is 6.92 Å². The summed E-state index contributed by atoms with van der Waals surface area (Å²) in [5.41, 5.74) is 0.964. The van der Waals surface area contributed by atoms with Gasteiger partial charge in [-0.15, -0.1) is 0 Å². The van der Waals surface area contributed by atoms with Crippen molar-refractivity contribution in [2.24, 2.45) is 11.3 Å². The molecule has 1 aromatic carbocycles. The van der Waals surface area contributed by atoms with Crippen LogP contribution in [-0.4, -0.2) is 12.1 Å². The van der Waals surface area contributed by atoms with E-state index in [0.29, 0.717) is 0 Å². The Bertz CT molecular complexity index is 471. The average Bonchev–Trinajstić information content (AvgIpc) is 2.33. The fraction of sp³-hybridized carbons (Fsp3) is 0.471. The van der Waals surface area contributed by atoms with Crippen molar-refractivity contribution < 1.29 is 9.53 Å². The van der Waals surface area contributed by atoms with Crippen molar-refractivity contribution in [1.82, 2.24) is 0 Å². The van der Waals surface area contributed by atoms with E-state index in [2.05, 4.69) is 39.5 Å². The molecule has 1 aromatic rings. The number of ether oxygens (including phenoxy) is 1. The molecule has 0 aliphatic carbocycles. The molecule has 0 aliphatic heterocycles. The zero-order chi connectivity index (χ0) is 14.5. The summed E-state index contributed by atoms with van der Waals surface area (Å²) in [6, 6.07) is 9.72.